The van der Waals surface area contributed by atoms with Crippen LogP contribution in [0.25, 0.3) is 0 Å². The first kappa shape index (κ1) is 15.5. The number of carbonyl (C=O) groups is 1. The van der Waals surface area contributed by atoms with Gasteiger partial charge in [-0.3, -0.25) is 4.79 Å². The number of hydrogen-bond donors (Lipinski definition) is 2. The summed E-state index contributed by atoms with van der Waals surface area (Å²) < 4.78 is 28.4. The van der Waals surface area contributed by atoms with Crippen LogP contribution in [0.5, 0.6) is 5.75 Å². The molecule has 0 fully saturated rings. The van der Waals surface area contributed by atoms with Gasteiger partial charge in [0.25, 0.3) is 0 Å². The highest BCUT2D eigenvalue weighted by Gasteiger charge is 2.18. The van der Waals surface area contributed by atoms with Crippen molar-refractivity contribution in [2.24, 2.45) is 10.9 Å². The van der Waals surface area contributed by atoms with E-state index in [9.17, 15) is 13.2 Å². The van der Waals surface area contributed by atoms with E-state index < -0.39 is 15.9 Å². The Labute approximate surface area is 112 Å². The lowest BCUT2D eigenvalue weighted by atomic mass is 10.1. The number of aryl methyl sites for hydroxylation is 1. The van der Waals surface area contributed by atoms with Crippen LogP contribution in [0, 0.1) is 20.8 Å². The lowest BCUT2D eigenvalue weighted by Gasteiger charge is -2.16. The Morgan fingerprint density at radius 1 is 1.26 bits per heavy atom. The van der Waals surface area contributed by atoms with Gasteiger partial charge in [-0.15, -0.1) is 0 Å². The third-order valence-electron chi connectivity index (χ3n) is 2.88. The van der Waals surface area contributed by atoms with Crippen molar-refractivity contribution < 1.29 is 17.9 Å². The summed E-state index contributed by atoms with van der Waals surface area (Å²) in [6.07, 6.45) is 0.106. The van der Waals surface area contributed by atoms with E-state index in [1.807, 2.05) is 0 Å². The van der Waals surface area contributed by atoms with Crippen molar-refractivity contribution >= 4 is 15.9 Å². The number of amides is 1. The molecule has 0 aliphatic heterocycles. The maximum Gasteiger partial charge on any atom is 0.238 e. The van der Waals surface area contributed by atoms with Crippen molar-refractivity contribution in [1.82, 2.24) is 0 Å². The molecular weight excluding hydrogens is 268 g/mol. The van der Waals surface area contributed by atoms with Gasteiger partial charge in [0.15, 0.2) is 0 Å². The normalized spacial score (nSPS) is 11.4. The van der Waals surface area contributed by atoms with Crippen molar-refractivity contribution in [2.75, 3.05) is 6.61 Å². The van der Waals surface area contributed by atoms with E-state index in [1.165, 1.54) is 6.07 Å². The topological polar surface area (TPSA) is 112 Å². The third-order valence-corrected chi connectivity index (χ3v) is 3.92. The van der Waals surface area contributed by atoms with Crippen LogP contribution < -0.4 is 15.6 Å². The fraction of sp³-hybridized carbons (Fsp3) is 0.417. The van der Waals surface area contributed by atoms with E-state index >= 15 is 0 Å². The number of nitrogens with two attached hydrogens (primary N) is 2. The number of ether oxygens (including phenoxy) is 1. The van der Waals surface area contributed by atoms with Gasteiger partial charge >= 0.3 is 0 Å². The minimum absolute atomic E-state index is 0.0877. The average Bonchev–Trinajstić information content (AvgIpc) is 2.26. The monoisotopic (exact) mass is 286 g/mol. The Balaban J connectivity index is 3.16. The van der Waals surface area contributed by atoms with Gasteiger partial charge in [0.1, 0.15) is 5.75 Å². The largest absolute Gasteiger partial charge is 0.492 e. The van der Waals surface area contributed by atoms with Crippen LogP contribution in [0.3, 0.4) is 0 Å². The van der Waals surface area contributed by atoms with E-state index in [1.54, 1.807) is 20.8 Å². The van der Waals surface area contributed by atoms with Crippen LogP contribution in [-0.4, -0.2) is 20.9 Å². The van der Waals surface area contributed by atoms with Crippen molar-refractivity contribution in [2.45, 2.75) is 32.1 Å². The molecule has 1 aromatic carbocycles. The van der Waals surface area contributed by atoms with Crippen LogP contribution in [-0.2, 0) is 14.8 Å². The van der Waals surface area contributed by atoms with Gasteiger partial charge in [0.05, 0.1) is 17.9 Å². The predicted octanol–water partition coefficient (Wildman–Crippen LogP) is 0.513. The van der Waals surface area contributed by atoms with Crippen LogP contribution in [0.2, 0.25) is 0 Å². The van der Waals surface area contributed by atoms with Gasteiger partial charge in [-0.25, -0.2) is 13.6 Å². The Hall–Kier alpha value is -1.60. The first-order valence-electron chi connectivity index (χ1n) is 5.69. The van der Waals surface area contributed by atoms with Crippen molar-refractivity contribution in [3.63, 3.8) is 0 Å². The molecule has 0 saturated carbocycles. The van der Waals surface area contributed by atoms with Gasteiger partial charge in [0.2, 0.25) is 15.9 Å². The molecule has 106 valence electrons. The summed E-state index contributed by atoms with van der Waals surface area (Å²) in [4.78, 5) is 10.7. The highest BCUT2D eigenvalue weighted by atomic mass is 32.2. The summed E-state index contributed by atoms with van der Waals surface area (Å²) >= 11 is 0. The van der Waals surface area contributed by atoms with Gasteiger partial charge in [-0.2, -0.15) is 0 Å². The standard InChI is InChI=1S/C12H18N2O4S/c1-7-6-10(19(14,16)17)8(2)9(3)12(7)18-5-4-11(13)15/h6H,4-5H2,1-3H3,(H2,13,15)(H2,14,16,17). The second-order valence-electron chi connectivity index (χ2n) is 4.38. The smallest absolute Gasteiger partial charge is 0.238 e. The van der Waals surface area contributed by atoms with Crippen LogP contribution >= 0.6 is 0 Å². The summed E-state index contributed by atoms with van der Waals surface area (Å²) in [5.41, 5.74) is 6.91. The molecule has 0 saturated heterocycles. The first-order chi connectivity index (χ1) is 8.64. The van der Waals surface area contributed by atoms with Crippen molar-refractivity contribution in [3.05, 3.63) is 22.8 Å². The molecule has 0 radical (unpaired) electrons. The lowest BCUT2D eigenvalue weighted by molar-refractivity contribution is -0.118. The minimum Gasteiger partial charge on any atom is -0.492 e. The third kappa shape index (κ3) is 3.68. The fourth-order valence-corrected chi connectivity index (χ4v) is 2.71. The molecule has 4 N–H and O–H groups in total. The highest BCUT2D eigenvalue weighted by molar-refractivity contribution is 7.89. The van der Waals surface area contributed by atoms with Gasteiger partial charge in [-0.05, 0) is 43.5 Å². The maximum absolute atomic E-state index is 11.4. The molecule has 0 aliphatic rings. The number of hydrogen-bond acceptors (Lipinski definition) is 4. The molecule has 19 heavy (non-hydrogen) atoms. The second-order valence-corrected chi connectivity index (χ2v) is 5.91. The van der Waals surface area contributed by atoms with E-state index in [2.05, 4.69) is 0 Å². The predicted molar refractivity (Wildman–Crippen MR) is 71.3 cm³/mol. The molecule has 6 nitrogen and oxygen atoms in total. The van der Waals surface area contributed by atoms with Gasteiger partial charge in [0, 0.05) is 0 Å². The summed E-state index contributed by atoms with van der Waals surface area (Å²) in [5, 5.41) is 5.16. The molecule has 7 heteroatoms. The van der Waals surface area contributed by atoms with Crippen LogP contribution in [0.4, 0.5) is 0 Å². The average molecular weight is 286 g/mol. The lowest BCUT2D eigenvalue weighted by Crippen LogP contribution is -2.17. The Bertz CT molecular complexity index is 609. The summed E-state index contributed by atoms with van der Waals surface area (Å²) in [5.74, 6) is 0.110. The molecule has 0 heterocycles. The Kier molecular flexibility index (Phi) is 4.54. The molecule has 0 atom stereocenters. The Morgan fingerprint density at radius 2 is 1.84 bits per heavy atom. The summed E-state index contributed by atoms with van der Waals surface area (Å²) in [7, 11) is -3.76. The number of rotatable bonds is 5. The second kappa shape index (κ2) is 5.58. The first-order valence-corrected chi connectivity index (χ1v) is 7.24. The molecular formula is C12H18N2O4S. The fourth-order valence-electron chi connectivity index (χ4n) is 1.79. The van der Waals surface area contributed by atoms with Crippen LogP contribution in [0.1, 0.15) is 23.1 Å². The minimum atomic E-state index is -3.76. The number of carbonyl (C=O) groups excluding carboxylic acids is 1. The zero-order valence-corrected chi connectivity index (χ0v) is 12.0. The van der Waals surface area contributed by atoms with E-state index in [0.29, 0.717) is 22.4 Å². The van der Waals surface area contributed by atoms with E-state index in [4.69, 9.17) is 15.6 Å². The van der Waals surface area contributed by atoms with E-state index in [-0.39, 0.29) is 17.9 Å². The van der Waals surface area contributed by atoms with Gasteiger partial charge in [-0.1, -0.05) is 0 Å². The summed E-state index contributed by atoms with van der Waals surface area (Å²) in [6.45, 7) is 5.29. The molecule has 1 amide bonds. The molecule has 0 aromatic heterocycles. The number of primary amides is 1. The Morgan fingerprint density at radius 3 is 2.32 bits per heavy atom. The summed E-state index contributed by atoms with van der Waals surface area (Å²) in [6, 6.07) is 1.47. The number of sulfonamides is 1. The quantitative estimate of drug-likeness (QED) is 0.821. The zero-order valence-electron chi connectivity index (χ0n) is 11.2. The molecule has 0 bridgehead atoms. The molecule has 1 rings (SSSR count). The van der Waals surface area contributed by atoms with Crippen molar-refractivity contribution in [3.8, 4) is 5.75 Å². The zero-order chi connectivity index (χ0) is 14.8. The van der Waals surface area contributed by atoms with E-state index in [0.717, 1.165) is 0 Å². The SMILES string of the molecule is Cc1cc(S(N)(=O)=O)c(C)c(C)c1OCCC(N)=O. The van der Waals surface area contributed by atoms with Gasteiger partial charge < -0.3 is 10.5 Å². The van der Waals surface area contributed by atoms with Crippen molar-refractivity contribution in [1.29, 1.82) is 0 Å². The molecule has 0 aliphatic carbocycles. The molecule has 0 unspecified atom stereocenters. The molecule has 1 aromatic rings. The number of benzene rings is 1. The van der Waals surface area contributed by atoms with Crippen LogP contribution in [0.15, 0.2) is 11.0 Å². The highest BCUT2D eigenvalue weighted by Crippen LogP contribution is 2.30. The number of primary sulfonamides is 1. The molecule has 0 spiro atoms. The maximum atomic E-state index is 11.4.